The molecular formula is C25H22Cl2N2O2S. The molecule has 1 aliphatic rings. The van der Waals surface area contributed by atoms with Crippen LogP contribution in [0.25, 0.3) is 0 Å². The molecular weight excluding hydrogens is 463 g/mol. The fraction of sp³-hybridized carbons (Fsp3) is 0.200. The zero-order valence-electron chi connectivity index (χ0n) is 17.4. The number of hydrogen-bond donors (Lipinski definition) is 1. The van der Waals surface area contributed by atoms with Gasteiger partial charge in [-0.15, -0.1) is 11.8 Å². The lowest BCUT2D eigenvalue weighted by molar-refractivity contribution is -0.128. The maximum atomic E-state index is 13.5. The van der Waals surface area contributed by atoms with Crippen LogP contribution in [0.1, 0.15) is 18.1 Å². The fourth-order valence-corrected chi connectivity index (χ4v) is 5.32. The first kappa shape index (κ1) is 22.7. The summed E-state index contributed by atoms with van der Waals surface area (Å²) in [6.07, 6.45) is 0. The van der Waals surface area contributed by atoms with E-state index in [2.05, 4.69) is 5.32 Å². The van der Waals surface area contributed by atoms with Crippen LogP contribution in [0.2, 0.25) is 10.0 Å². The summed E-state index contributed by atoms with van der Waals surface area (Å²) in [6.45, 7) is 2.45. The molecule has 4 rings (SSSR count). The van der Waals surface area contributed by atoms with E-state index in [9.17, 15) is 9.59 Å². The number of para-hydroxylation sites is 1. The van der Waals surface area contributed by atoms with Crippen LogP contribution in [0.4, 0.5) is 5.69 Å². The maximum absolute atomic E-state index is 13.5. The first-order chi connectivity index (χ1) is 15.5. The van der Waals surface area contributed by atoms with Gasteiger partial charge in [-0.1, -0.05) is 78.7 Å². The molecule has 1 aliphatic heterocycles. The van der Waals surface area contributed by atoms with Gasteiger partial charge in [-0.2, -0.15) is 0 Å². The molecule has 2 amide bonds. The zero-order chi connectivity index (χ0) is 22.7. The molecule has 4 nitrogen and oxygen atoms in total. The number of benzene rings is 3. The van der Waals surface area contributed by atoms with Crippen LogP contribution in [0.3, 0.4) is 0 Å². The van der Waals surface area contributed by atoms with Gasteiger partial charge in [-0.25, -0.2) is 0 Å². The Morgan fingerprint density at radius 1 is 0.969 bits per heavy atom. The number of carbonyl (C=O) groups excluding carboxylic acids is 2. The van der Waals surface area contributed by atoms with Crippen molar-refractivity contribution in [3.8, 4) is 0 Å². The molecule has 2 atom stereocenters. The van der Waals surface area contributed by atoms with Crippen LogP contribution in [0.15, 0.2) is 77.7 Å². The number of thioether (sulfide) groups is 1. The van der Waals surface area contributed by atoms with Crippen LogP contribution in [0, 0.1) is 5.92 Å². The second-order valence-electron chi connectivity index (χ2n) is 7.62. The standard InChI is InChI=1S/C25H22Cl2N2O2S/c1-16(24(30)28-14-17-8-2-4-10-19(17)26)23-25(31)29(15-18-9-3-5-11-20(18)27)21-12-6-7-13-22(21)32-23/h2-13,16,23H,14-15H2,1H3,(H,28,30)/t16-,23-/m0/s1. The Labute approximate surface area is 201 Å². The van der Waals surface area contributed by atoms with Gasteiger partial charge >= 0.3 is 0 Å². The summed E-state index contributed by atoms with van der Waals surface area (Å²) in [5, 5.41) is 3.59. The van der Waals surface area contributed by atoms with Crippen molar-refractivity contribution in [2.45, 2.75) is 30.2 Å². The number of halogens is 2. The quantitative estimate of drug-likeness (QED) is 0.469. The number of hydrogen-bond acceptors (Lipinski definition) is 3. The number of rotatable bonds is 6. The SMILES string of the molecule is C[C@H](C(=O)NCc1ccccc1Cl)[C@@H]1Sc2ccccc2N(Cc2ccccc2Cl)C1=O. The van der Waals surface area contributed by atoms with Crippen LogP contribution in [0.5, 0.6) is 0 Å². The predicted octanol–water partition coefficient (Wildman–Crippen LogP) is 5.95. The highest BCUT2D eigenvalue weighted by Crippen LogP contribution is 2.42. The Bertz CT molecular complexity index is 1150. The summed E-state index contributed by atoms with van der Waals surface area (Å²) in [7, 11) is 0. The van der Waals surface area contributed by atoms with E-state index in [1.54, 1.807) is 17.9 Å². The van der Waals surface area contributed by atoms with Gasteiger partial charge in [0, 0.05) is 21.5 Å². The normalized spacial score (nSPS) is 16.4. The van der Waals surface area contributed by atoms with E-state index in [4.69, 9.17) is 23.2 Å². The van der Waals surface area contributed by atoms with Crippen LogP contribution >= 0.6 is 35.0 Å². The molecule has 0 bridgehead atoms. The molecule has 0 aromatic heterocycles. The average Bonchev–Trinajstić information content (AvgIpc) is 2.80. The Morgan fingerprint density at radius 3 is 2.25 bits per heavy atom. The molecule has 0 radical (unpaired) electrons. The number of carbonyl (C=O) groups is 2. The topological polar surface area (TPSA) is 49.4 Å². The third-order valence-electron chi connectivity index (χ3n) is 5.48. The van der Waals surface area contributed by atoms with Crippen LogP contribution in [-0.4, -0.2) is 17.1 Å². The third kappa shape index (κ3) is 4.80. The highest BCUT2D eigenvalue weighted by atomic mass is 35.5. The lowest BCUT2D eigenvalue weighted by Gasteiger charge is -2.36. The Morgan fingerprint density at radius 2 is 1.56 bits per heavy atom. The predicted molar refractivity (Wildman–Crippen MR) is 131 cm³/mol. The Kier molecular flexibility index (Phi) is 7.09. The number of nitrogens with zero attached hydrogens (tertiary/aromatic N) is 1. The summed E-state index contributed by atoms with van der Waals surface area (Å²) < 4.78 is 0. The van der Waals surface area contributed by atoms with Crippen molar-refractivity contribution < 1.29 is 9.59 Å². The van der Waals surface area contributed by atoms with Crippen molar-refractivity contribution in [3.05, 3.63) is 94.0 Å². The van der Waals surface area contributed by atoms with Crippen molar-refractivity contribution in [3.63, 3.8) is 0 Å². The minimum Gasteiger partial charge on any atom is -0.352 e. The van der Waals surface area contributed by atoms with E-state index in [1.807, 2.05) is 66.7 Å². The highest BCUT2D eigenvalue weighted by molar-refractivity contribution is 8.01. The molecule has 0 saturated carbocycles. The van der Waals surface area contributed by atoms with Gasteiger partial charge in [-0.05, 0) is 35.4 Å². The maximum Gasteiger partial charge on any atom is 0.241 e. The number of fused-ring (bicyclic) bond motifs is 1. The van der Waals surface area contributed by atoms with Gasteiger partial charge in [0.1, 0.15) is 5.25 Å². The zero-order valence-corrected chi connectivity index (χ0v) is 19.8. The molecule has 164 valence electrons. The summed E-state index contributed by atoms with van der Waals surface area (Å²) >= 11 is 14.0. The molecule has 0 aliphatic carbocycles. The molecule has 3 aromatic carbocycles. The average molecular weight is 485 g/mol. The minimum absolute atomic E-state index is 0.103. The summed E-state index contributed by atoms with van der Waals surface area (Å²) in [5.41, 5.74) is 2.53. The van der Waals surface area contributed by atoms with Gasteiger partial charge < -0.3 is 10.2 Å². The highest BCUT2D eigenvalue weighted by Gasteiger charge is 2.39. The Hall–Kier alpha value is -2.47. The second kappa shape index (κ2) is 9.99. The molecule has 1 N–H and O–H groups in total. The van der Waals surface area contributed by atoms with E-state index in [-0.39, 0.29) is 11.8 Å². The third-order valence-corrected chi connectivity index (χ3v) is 7.68. The van der Waals surface area contributed by atoms with E-state index < -0.39 is 11.2 Å². The molecule has 1 heterocycles. The molecule has 0 saturated heterocycles. The monoisotopic (exact) mass is 484 g/mol. The van der Waals surface area contributed by atoms with Crippen molar-refractivity contribution in [1.82, 2.24) is 5.32 Å². The lowest BCUT2D eigenvalue weighted by atomic mass is 10.0. The van der Waals surface area contributed by atoms with E-state index in [0.29, 0.717) is 23.1 Å². The number of anilines is 1. The van der Waals surface area contributed by atoms with Gasteiger partial charge in [-0.3, -0.25) is 9.59 Å². The molecule has 3 aromatic rings. The number of amides is 2. The van der Waals surface area contributed by atoms with Gasteiger partial charge in [0.2, 0.25) is 11.8 Å². The molecule has 7 heteroatoms. The molecule has 0 unspecified atom stereocenters. The lowest BCUT2D eigenvalue weighted by Crippen LogP contribution is -2.47. The van der Waals surface area contributed by atoms with E-state index in [1.165, 1.54) is 11.8 Å². The smallest absolute Gasteiger partial charge is 0.241 e. The van der Waals surface area contributed by atoms with Gasteiger partial charge in [0.25, 0.3) is 0 Å². The summed E-state index contributed by atoms with van der Waals surface area (Å²) in [5.74, 6) is -0.820. The van der Waals surface area contributed by atoms with E-state index in [0.717, 1.165) is 21.7 Å². The van der Waals surface area contributed by atoms with Crippen molar-refractivity contribution in [2.75, 3.05) is 4.90 Å². The van der Waals surface area contributed by atoms with Crippen molar-refractivity contribution in [2.24, 2.45) is 5.92 Å². The van der Waals surface area contributed by atoms with Gasteiger partial charge in [0.15, 0.2) is 0 Å². The molecule has 0 fully saturated rings. The van der Waals surface area contributed by atoms with Crippen molar-refractivity contribution >= 4 is 52.5 Å². The molecule has 0 spiro atoms. The number of nitrogens with one attached hydrogen (secondary N) is 1. The van der Waals surface area contributed by atoms with Crippen LogP contribution in [-0.2, 0) is 22.7 Å². The van der Waals surface area contributed by atoms with Crippen LogP contribution < -0.4 is 10.2 Å². The fourth-order valence-electron chi connectivity index (χ4n) is 3.64. The van der Waals surface area contributed by atoms with E-state index >= 15 is 0 Å². The second-order valence-corrected chi connectivity index (χ2v) is 9.62. The summed E-state index contributed by atoms with van der Waals surface area (Å²) in [4.78, 5) is 29.2. The van der Waals surface area contributed by atoms with Crippen molar-refractivity contribution in [1.29, 1.82) is 0 Å². The minimum atomic E-state index is -0.543. The first-order valence-electron chi connectivity index (χ1n) is 10.3. The summed E-state index contributed by atoms with van der Waals surface area (Å²) in [6, 6.07) is 22.6. The Balaban J connectivity index is 1.55. The largest absolute Gasteiger partial charge is 0.352 e. The molecule has 32 heavy (non-hydrogen) atoms. The van der Waals surface area contributed by atoms with Gasteiger partial charge in [0.05, 0.1) is 18.2 Å². The first-order valence-corrected chi connectivity index (χ1v) is 11.9.